The summed E-state index contributed by atoms with van der Waals surface area (Å²) in [6.45, 7) is 4.33. The van der Waals surface area contributed by atoms with Gasteiger partial charge < -0.3 is 5.11 Å². The Kier molecular flexibility index (Phi) is 13.6. The van der Waals surface area contributed by atoms with E-state index in [0.29, 0.717) is 12.4 Å². The maximum absolute atomic E-state index is 9.58. The van der Waals surface area contributed by atoms with Gasteiger partial charge in [-0.3, -0.25) is 5.26 Å². The average Bonchev–Trinajstić information content (AvgIpc) is 2.48. The molecule has 0 saturated carbocycles. The third kappa shape index (κ3) is 10.8. The van der Waals surface area contributed by atoms with Gasteiger partial charge in [0, 0.05) is 0 Å². The number of hydrogen-bond acceptors (Lipinski definition) is 3. The molecular weight excluding hydrogens is 252 g/mol. The van der Waals surface area contributed by atoms with Gasteiger partial charge in [0.2, 0.25) is 0 Å². The topological polar surface area (TPSA) is 49.7 Å². The molecule has 3 nitrogen and oxygen atoms in total. The molecule has 0 unspecified atom stereocenters. The van der Waals surface area contributed by atoms with Crippen LogP contribution in [0.5, 0.6) is 5.75 Å². The van der Waals surface area contributed by atoms with Gasteiger partial charge in [-0.15, -0.1) is 0 Å². The Morgan fingerprint density at radius 3 is 2.00 bits per heavy atom. The number of hydrogen-bond donors (Lipinski definition) is 2. The molecule has 0 aliphatic rings. The lowest BCUT2D eigenvalue weighted by Crippen LogP contribution is -1.87. The minimum atomic E-state index is 0.375. The van der Waals surface area contributed by atoms with Gasteiger partial charge in [-0.1, -0.05) is 63.6 Å². The lowest BCUT2D eigenvalue weighted by atomic mass is 10.0. The molecule has 0 aromatic heterocycles. The van der Waals surface area contributed by atoms with Crippen molar-refractivity contribution < 1.29 is 15.3 Å². The predicted octanol–water partition coefficient (Wildman–Crippen LogP) is 5.18. The summed E-state index contributed by atoms with van der Waals surface area (Å²) in [5.74, 6) is 0.452. The molecule has 1 rings (SSSR count). The van der Waals surface area contributed by atoms with Crippen LogP contribution < -0.4 is 0 Å². The average molecular weight is 282 g/mol. The van der Waals surface area contributed by atoms with Gasteiger partial charge in [-0.2, -0.15) is 0 Å². The number of aryl methyl sites for hydroxylation is 1. The van der Waals surface area contributed by atoms with Crippen molar-refractivity contribution in [3.63, 3.8) is 0 Å². The molecule has 0 aliphatic carbocycles. The summed E-state index contributed by atoms with van der Waals surface area (Å²) in [4.78, 5) is 3.54. The van der Waals surface area contributed by atoms with Crippen LogP contribution in [0.15, 0.2) is 24.3 Å². The molecule has 116 valence electrons. The summed E-state index contributed by atoms with van der Waals surface area (Å²) >= 11 is 0. The van der Waals surface area contributed by atoms with Crippen molar-refractivity contribution in [3.8, 4) is 5.75 Å². The lowest BCUT2D eigenvalue weighted by molar-refractivity contribution is -0.237. The van der Waals surface area contributed by atoms with Crippen LogP contribution in [0.2, 0.25) is 0 Å². The first-order chi connectivity index (χ1) is 9.76. The minimum absolute atomic E-state index is 0.375. The zero-order valence-corrected chi connectivity index (χ0v) is 13.0. The Morgan fingerprint density at radius 2 is 1.45 bits per heavy atom. The molecule has 1 aromatic rings. The van der Waals surface area contributed by atoms with Crippen LogP contribution in [0.3, 0.4) is 0 Å². The van der Waals surface area contributed by atoms with E-state index in [4.69, 9.17) is 5.26 Å². The monoisotopic (exact) mass is 282 g/mol. The molecule has 0 bridgehead atoms. The van der Waals surface area contributed by atoms with E-state index in [2.05, 4.69) is 11.8 Å². The Bertz CT molecular complexity index is 311. The quantitative estimate of drug-likeness (QED) is 0.372. The predicted molar refractivity (Wildman–Crippen MR) is 84.1 cm³/mol. The minimum Gasteiger partial charge on any atom is -0.508 e. The zero-order chi connectivity index (χ0) is 15.1. The van der Waals surface area contributed by atoms with Crippen molar-refractivity contribution >= 4 is 0 Å². The van der Waals surface area contributed by atoms with Crippen LogP contribution in [-0.4, -0.2) is 17.0 Å². The standard InChI is InChI=1S/C15H24O.C2H6O2/c1-2-3-4-5-6-7-8-11-14-12-9-10-13-15(14)16;1-2-4-3/h9-10,12-13,16H,2-8,11H2,1H3;3H,2H2,1H3. The van der Waals surface area contributed by atoms with Crippen molar-refractivity contribution in [2.24, 2.45) is 0 Å². The molecule has 1 aromatic carbocycles. The number of aromatic hydroxyl groups is 1. The molecule has 0 saturated heterocycles. The molecule has 0 radical (unpaired) electrons. The van der Waals surface area contributed by atoms with Crippen molar-refractivity contribution in [2.75, 3.05) is 6.61 Å². The van der Waals surface area contributed by atoms with Gasteiger partial charge in [0.15, 0.2) is 0 Å². The number of rotatable bonds is 9. The van der Waals surface area contributed by atoms with E-state index in [9.17, 15) is 5.11 Å². The van der Waals surface area contributed by atoms with Crippen molar-refractivity contribution in [2.45, 2.75) is 65.2 Å². The Labute approximate surface area is 123 Å². The van der Waals surface area contributed by atoms with Gasteiger partial charge in [-0.25, -0.2) is 4.89 Å². The second-order valence-electron chi connectivity index (χ2n) is 4.92. The summed E-state index contributed by atoms with van der Waals surface area (Å²) in [6, 6.07) is 7.67. The highest BCUT2D eigenvalue weighted by molar-refractivity contribution is 5.31. The third-order valence-corrected chi connectivity index (χ3v) is 3.17. The smallest absolute Gasteiger partial charge is 0.118 e. The van der Waals surface area contributed by atoms with Crippen LogP contribution in [0, 0.1) is 0 Å². The number of benzene rings is 1. The van der Waals surface area contributed by atoms with Gasteiger partial charge in [0.05, 0.1) is 6.61 Å². The SMILES string of the molecule is CCCCCCCCCc1ccccc1O.CCOO. The summed E-state index contributed by atoms with van der Waals surface area (Å²) in [6.07, 6.45) is 10.3. The van der Waals surface area contributed by atoms with Crippen LogP contribution >= 0.6 is 0 Å². The normalized spacial score (nSPS) is 9.95. The van der Waals surface area contributed by atoms with Crippen LogP contribution in [0.4, 0.5) is 0 Å². The van der Waals surface area contributed by atoms with Crippen LogP contribution in [0.25, 0.3) is 0 Å². The van der Waals surface area contributed by atoms with E-state index in [1.807, 2.05) is 18.2 Å². The Hall–Kier alpha value is -1.06. The first kappa shape index (κ1) is 18.9. The molecule has 0 aliphatic heterocycles. The number of para-hydroxylation sites is 1. The maximum atomic E-state index is 9.58. The highest BCUT2D eigenvalue weighted by atomic mass is 17.1. The van der Waals surface area contributed by atoms with E-state index >= 15 is 0 Å². The first-order valence-corrected chi connectivity index (χ1v) is 7.79. The van der Waals surface area contributed by atoms with Gasteiger partial charge in [0.25, 0.3) is 0 Å². The van der Waals surface area contributed by atoms with Crippen molar-refractivity contribution in [3.05, 3.63) is 29.8 Å². The second kappa shape index (κ2) is 14.4. The van der Waals surface area contributed by atoms with Gasteiger partial charge >= 0.3 is 0 Å². The largest absolute Gasteiger partial charge is 0.508 e. The van der Waals surface area contributed by atoms with E-state index in [1.54, 1.807) is 13.0 Å². The van der Waals surface area contributed by atoms with Crippen LogP contribution in [0.1, 0.15) is 64.4 Å². The van der Waals surface area contributed by atoms with Crippen molar-refractivity contribution in [1.82, 2.24) is 0 Å². The molecule has 2 N–H and O–H groups in total. The fourth-order valence-corrected chi connectivity index (χ4v) is 1.99. The van der Waals surface area contributed by atoms with E-state index in [1.165, 1.54) is 44.9 Å². The third-order valence-electron chi connectivity index (χ3n) is 3.17. The summed E-state index contributed by atoms with van der Waals surface area (Å²) in [5, 5.41) is 17.0. The Balaban J connectivity index is 0.000000796. The molecule has 3 heteroatoms. The van der Waals surface area contributed by atoms with Crippen molar-refractivity contribution in [1.29, 1.82) is 0 Å². The van der Waals surface area contributed by atoms with E-state index in [-0.39, 0.29) is 0 Å². The van der Waals surface area contributed by atoms with Gasteiger partial charge in [-0.05, 0) is 31.4 Å². The number of phenols is 1. The molecule has 0 spiro atoms. The molecule has 20 heavy (non-hydrogen) atoms. The fourth-order valence-electron chi connectivity index (χ4n) is 1.99. The molecular formula is C17H30O3. The zero-order valence-electron chi connectivity index (χ0n) is 13.0. The van der Waals surface area contributed by atoms with Gasteiger partial charge in [0.1, 0.15) is 5.75 Å². The highest BCUT2D eigenvalue weighted by Crippen LogP contribution is 2.18. The highest BCUT2D eigenvalue weighted by Gasteiger charge is 1.98. The molecule has 0 heterocycles. The number of unbranched alkanes of at least 4 members (excludes halogenated alkanes) is 6. The number of phenolic OH excluding ortho intramolecular Hbond substituents is 1. The first-order valence-electron chi connectivity index (χ1n) is 7.79. The van der Waals surface area contributed by atoms with E-state index < -0.39 is 0 Å². The summed E-state index contributed by atoms with van der Waals surface area (Å²) < 4.78 is 0. The lowest BCUT2D eigenvalue weighted by Gasteiger charge is -2.04. The Morgan fingerprint density at radius 1 is 0.900 bits per heavy atom. The molecule has 0 amide bonds. The van der Waals surface area contributed by atoms with E-state index in [0.717, 1.165) is 12.0 Å². The summed E-state index contributed by atoms with van der Waals surface area (Å²) in [5.41, 5.74) is 1.09. The fraction of sp³-hybridized carbons (Fsp3) is 0.647. The second-order valence-corrected chi connectivity index (χ2v) is 4.92. The van der Waals surface area contributed by atoms with Crippen LogP contribution in [-0.2, 0) is 11.3 Å². The maximum Gasteiger partial charge on any atom is 0.118 e. The summed E-state index contributed by atoms with van der Waals surface area (Å²) in [7, 11) is 0. The molecule has 0 atom stereocenters. The molecule has 0 fully saturated rings.